The molecule has 0 spiro atoms. The number of hydrogen-bond donors (Lipinski definition) is 0. The normalized spacial score (nSPS) is 17.7. The lowest BCUT2D eigenvalue weighted by Crippen LogP contribution is -2.20. The van der Waals surface area contributed by atoms with Gasteiger partial charge in [-0.2, -0.15) is 0 Å². The Balaban J connectivity index is 2.01. The van der Waals surface area contributed by atoms with Crippen molar-refractivity contribution in [3.8, 4) is 0 Å². The van der Waals surface area contributed by atoms with Gasteiger partial charge in [-0.05, 0) is 36.5 Å². The number of benzene rings is 1. The Morgan fingerprint density at radius 3 is 2.30 bits per heavy atom. The molecule has 1 aromatic rings. The van der Waals surface area contributed by atoms with Gasteiger partial charge < -0.3 is 0 Å². The van der Waals surface area contributed by atoms with Crippen molar-refractivity contribution in [2.45, 2.75) is 63.1 Å². The molecule has 5 heteroatoms. The van der Waals surface area contributed by atoms with Crippen molar-refractivity contribution in [2.75, 3.05) is 0 Å². The van der Waals surface area contributed by atoms with Gasteiger partial charge >= 0.3 is 0 Å². The highest BCUT2D eigenvalue weighted by Crippen LogP contribution is 2.37. The number of rotatable bonds is 6. The van der Waals surface area contributed by atoms with Crippen LogP contribution >= 0.6 is 0 Å². The second kappa shape index (κ2) is 8.67. The average Bonchev–Trinajstić information content (AvgIpc) is 2.54. The Morgan fingerprint density at radius 2 is 1.78 bits per heavy atom. The molecule has 1 aliphatic rings. The minimum atomic E-state index is -1.50. The second-order valence-electron chi connectivity index (χ2n) is 6.30. The molecule has 23 heavy (non-hydrogen) atoms. The van der Waals surface area contributed by atoms with Crippen LogP contribution < -0.4 is 0 Å². The van der Waals surface area contributed by atoms with Crippen LogP contribution in [-0.2, 0) is 0 Å². The molecule has 0 bridgehead atoms. The minimum Gasteiger partial charge on any atom is -0.212 e. The van der Waals surface area contributed by atoms with Crippen molar-refractivity contribution in [3.05, 3.63) is 41.2 Å². The Morgan fingerprint density at radius 1 is 1.17 bits per heavy atom. The van der Waals surface area contributed by atoms with E-state index in [-0.39, 0.29) is 14.7 Å². The first-order chi connectivity index (χ1) is 11.1. The van der Waals surface area contributed by atoms with E-state index in [0.29, 0.717) is 5.56 Å². The molecule has 1 heterocycles. The molecule has 1 aromatic carbocycles. The van der Waals surface area contributed by atoms with Gasteiger partial charge in [-0.25, -0.2) is 17.6 Å². The largest absolute Gasteiger partial charge is 0.212 e. The Labute approximate surface area is 137 Å². The van der Waals surface area contributed by atoms with E-state index in [0.717, 1.165) is 12.8 Å². The lowest BCUT2D eigenvalue weighted by atomic mass is 9.92. The summed E-state index contributed by atoms with van der Waals surface area (Å²) in [4.78, 5) is 0. The first-order valence-electron chi connectivity index (χ1n) is 8.35. The molecule has 0 atom stereocenters. The summed E-state index contributed by atoms with van der Waals surface area (Å²) in [6.45, 7) is 2.20. The molecule has 0 amide bonds. The first kappa shape index (κ1) is 18.2. The van der Waals surface area contributed by atoms with E-state index in [2.05, 4.69) is 6.92 Å². The van der Waals surface area contributed by atoms with Gasteiger partial charge in [0.15, 0.2) is 5.83 Å². The molecule has 1 saturated heterocycles. The van der Waals surface area contributed by atoms with Crippen LogP contribution in [0.3, 0.4) is 0 Å². The van der Waals surface area contributed by atoms with E-state index in [9.17, 15) is 17.6 Å². The van der Waals surface area contributed by atoms with Crippen LogP contribution in [0.15, 0.2) is 18.5 Å². The maximum absolute atomic E-state index is 13.9. The van der Waals surface area contributed by atoms with Crippen molar-refractivity contribution in [3.63, 3.8) is 0 Å². The quantitative estimate of drug-likeness (QED) is 0.304. The summed E-state index contributed by atoms with van der Waals surface area (Å²) in [5.41, 5.74) is -0.332. The van der Waals surface area contributed by atoms with Gasteiger partial charge in [0.2, 0.25) is 0 Å². The molecule has 0 aliphatic carbocycles. The van der Waals surface area contributed by atoms with Gasteiger partial charge in [0.25, 0.3) is 0 Å². The fourth-order valence-electron chi connectivity index (χ4n) is 3.35. The third-order valence-electron chi connectivity index (χ3n) is 4.70. The van der Waals surface area contributed by atoms with Gasteiger partial charge in [0, 0.05) is 8.80 Å². The number of hydrogen-bond acceptors (Lipinski definition) is 0. The van der Waals surface area contributed by atoms with E-state index < -0.39 is 29.4 Å². The Kier molecular flexibility index (Phi) is 6.87. The molecular weight excluding hydrogens is 320 g/mol. The van der Waals surface area contributed by atoms with Crippen molar-refractivity contribution in [1.29, 1.82) is 0 Å². The van der Waals surface area contributed by atoms with Crippen molar-refractivity contribution >= 4 is 14.6 Å². The van der Waals surface area contributed by atoms with Gasteiger partial charge in [-0.15, -0.1) is 0 Å². The standard InChI is InChI=1S/C18H23F4Si/c1-2-3-4-7-23-8-5-13(6-9-23)14-10-15(20)18(16(21)11-14)17(22)12-19/h10-13H,2-9H2,1H3/b17-12-. The minimum absolute atomic E-state index is 0.130. The predicted octanol–water partition coefficient (Wildman–Crippen LogP) is 6.76. The average molecular weight is 343 g/mol. The van der Waals surface area contributed by atoms with Gasteiger partial charge in [0.1, 0.15) is 18.0 Å². The van der Waals surface area contributed by atoms with E-state index in [1.807, 2.05) is 0 Å². The molecule has 0 aromatic heterocycles. The van der Waals surface area contributed by atoms with Crippen LogP contribution in [0.2, 0.25) is 18.1 Å². The second-order valence-corrected chi connectivity index (χ2v) is 9.30. The highest BCUT2D eigenvalue weighted by Gasteiger charge is 2.25. The maximum atomic E-state index is 13.9. The van der Waals surface area contributed by atoms with Crippen LogP contribution in [0.25, 0.3) is 5.83 Å². The summed E-state index contributed by atoms with van der Waals surface area (Å²) < 4.78 is 53.2. The topological polar surface area (TPSA) is 0 Å². The van der Waals surface area contributed by atoms with Crippen LogP contribution in [-0.4, -0.2) is 8.80 Å². The number of halogens is 4. The lowest BCUT2D eigenvalue weighted by molar-refractivity contribution is 0.542. The summed E-state index contributed by atoms with van der Waals surface area (Å²) in [6, 6.07) is 6.01. The zero-order valence-corrected chi connectivity index (χ0v) is 14.5. The van der Waals surface area contributed by atoms with E-state index in [4.69, 9.17) is 0 Å². The van der Waals surface area contributed by atoms with Crippen LogP contribution in [0.4, 0.5) is 17.6 Å². The summed E-state index contributed by atoms with van der Waals surface area (Å²) in [5.74, 6) is -3.42. The monoisotopic (exact) mass is 343 g/mol. The van der Waals surface area contributed by atoms with E-state index in [1.165, 1.54) is 49.5 Å². The first-order valence-corrected chi connectivity index (χ1v) is 10.5. The maximum Gasteiger partial charge on any atom is 0.164 e. The Hall–Kier alpha value is -1.10. The molecule has 1 aliphatic heterocycles. The molecule has 0 N–H and O–H groups in total. The van der Waals surface area contributed by atoms with Gasteiger partial charge in [0.05, 0.1) is 5.56 Å². The van der Waals surface area contributed by atoms with Crippen LogP contribution in [0.5, 0.6) is 0 Å². The molecule has 2 rings (SSSR count). The fourth-order valence-corrected chi connectivity index (χ4v) is 6.36. The summed E-state index contributed by atoms with van der Waals surface area (Å²) >= 11 is 0. The molecule has 1 radical (unpaired) electrons. The third kappa shape index (κ3) is 4.69. The highest BCUT2D eigenvalue weighted by molar-refractivity contribution is 6.59. The van der Waals surface area contributed by atoms with Gasteiger partial charge in [-0.3, -0.25) is 0 Å². The van der Waals surface area contributed by atoms with Gasteiger partial charge in [-0.1, -0.05) is 44.3 Å². The number of unbranched alkanes of at least 4 members (excludes halogenated alkanes) is 2. The van der Waals surface area contributed by atoms with Crippen molar-refractivity contribution < 1.29 is 17.6 Å². The molecule has 1 fully saturated rings. The molecular formula is C18H23F4Si. The Bertz CT molecular complexity index is 525. The summed E-state index contributed by atoms with van der Waals surface area (Å²) in [6.07, 6.45) is 5.28. The molecule has 0 nitrogen and oxygen atoms in total. The SMILES string of the molecule is CCCCC[Si]1CCC(c2cc(F)c(/C(F)=C/F)c(F)c2)CC1. The summed E-state index contributed by atoms with van der Waals surface area (Å²) in [7, 11) is -0.311. The lowest BCUT2D eigenvalue weighted by Gasteiger charge is -2.28. The van der Waals surface area contributed by atoms with E-state index in [1.54, 1.807) is 0 Å². The summed E-state index contributed by atoms with van der Waals surface area (Å²) in [5, 5.41) is 0. The zero-order valence-electron chi connectivity index (χ0n) is 13.5. The van der Waals surface area contributed by atoms with E-state index >= 15 is 0 Å². The fraction of sp³-hybridized carbons (Fsp3) is 0.556. The molecule has 0 unspecified atom stereocenters. The molecule has 0 saturated carbocycles. The third-order valence-corrected chi connectivity index (χ3v) is 7.75. The predicted molar refractivity (Wildman–Crippen MR) is 88.2 cm³/mol. The zero-order chi connectivity index (χ0) is 16.8. The highest BCUT2D eigenvalue weighted by atomic mass is 28.3. The molecule has 127 valence electrons. The van der Waals surface area contributed by atoms with Crippen molar-refractivity contribution in [1.82, 2.24) is 0 Å². The van der Waals surface area contributed by atoms with Crippen LogP contribution in [0, 0.1) is 11.6 Å². The smallest absolute Gasteiger partial charge is 0.164 e. The van der Waals surface area contributed by atoms with Crippen molar-refractivity contribution in [2.24, 2.45) is 0 Å². The van der Waals surface area contributed by atoms with Crippen LogP contribution in [0.1, 0.15) is 56.1 Å².